The normalized spacial score (nSPS) is 35.2. The molecule has 1 N–H and O–H groups in total. The van der Waals surface area contributed by atoms with E-state index in [4.69, 9.17) is 4.42 Å². The average molecular weight is 270 g/mol. The van der Waals surface area contributed by atoms with Crippen molar-refractivity contribution >= 4 is 15.9 Å². The maximum Gasteiger partial charge on any atom is 0.169 e. The second-order valence-corrected chi connectivity index (χ2v) is 5.53. The third-order valence-electron chi connectivity index (χ3n) is 4.07. The second kappa shape index (κ2) is 3.63. The lowest BCUT2D eigenvalue weighted by Gasteiger charge is -2.15. The van der Waals surface area contributed by atoms with Crippen LogP contribution in [0, 0.1) is 17.8 Å². The molecule has 3 heteroatoms. The van der Waals surface area contributed by atoms with Gasteiger partial charge in [0.25, 0.3) is 0 Å². The molecule has 1 heterocycles. The molecular weight excluding hydrogens is 254 g/mol. The fourth-order valence-electron chi connectivity index (χ4n) is 3.39. The van der Waals surface area contributed by atoms with Crippen molar-refractivity contribution in [3.63, 3.8) is 0 Å². The van der Waals surface area contributed by atoms with Crippen LogP contribution in [0.4, 0.5) is 0 Å². The summed E-state index contributed by atoms with van der Waals surface area (Å²) >= 11 is 3.37. The van der Waals surface area contributed by atoms with E-state index in [1.807, 2.05) is 13.1 Å². The topological polar surface area (TPSA) is 25.2 Å². The summed E-state index contributed by atoms with van der Waals surface area (Å²) in [5, 5.41) is 3.41. The van der Waals surface area contributed by atoms with Crippen LogP contribution >= 0.6 is 15.9 Å². The molecule has 15 heavy (non-hydrogen) atoms. The summed E-state index contributed by atoms with van der Waals surface area (Å²) in [6.07, 6.45) is 4.29. The predicted octanol–water partition coefficient (Wildman–Crippen LogP) is 3.35. The Hall–Kier alpha value is -0.280. The van der Waals surface area contributed by atoms with Crippen molar-refractivity contribution in [1.82, 2.24) is 5.32 Å². The second-order valence-electron chi connectivity index (χ2n) is 4.74. The molecule has 0 spiro atoms. The van der Waals surface area contributed by atoms with Crippen LogP contribution in [-0.4, -0.2) is 7.05 Å². The number of rotatable bonds is 3. The Balaban J connectivity index is 1.78. The third kappa shape index (κ3) is 1.56. The fraction of sp³-hybridized carbons (Fsp3) is 0.667. The van der Waals surface area contributed by atoms with E-state index in [0.717, 1.165) is 28.2 Å². The van der Waals surface area contributed by atoms with Gasteiger partial charge in [0.1, 0.15) is 5.76 Å². The summed E-state index contributed by atoms with van der Waals surface area (Å²) in [5.41, 5.74) is 0. The molecule has 82 valence electrons. The molecule has 0 bridgehead atoms. The summed E-state index contributed by atoms with van der Waals surface area (Å²) in [7, 11) is 2.04. The predicted molar refractivity (Wildman–Crippen MR) is 62.5 cm³/mol. The highest BCUT2D eigenvalue weighted by Crippen LogP contribution is 2.62. The molecule has 0 aromatic carbocycles. The molecule has 3 unspecified atom stereocenters. The summed E-state index contributed by atoms with van der Waals surface area (Å²) < 4.78 is 6.49. The molecule has 2 fully saturated rings. The minimum atomic E-state index is 0.423. The highest BCUT2D eigenvalue weighted by molar-refractivity contribution is 9.10. The van der Waals surface area contributed by atoms with Crippen LogP contribution in [-0.2, 0) is 0 Å². The van der Waals surface area contributed by atoms with Crippen molar-refractivity contribution in [3.8, 4) is 0 Å². The molecule has 2 aliphatic carbocycles. The number of hydrogen-bond donors (Lipinski definition) is 1. The Morgan fingerprint density at radius 1 is 1.40 bits per heavy atom. The molecule has 0 radical (unpaired) electrons. The van der Waals surface area contributed by atoms with Gasteiger partial charge in [0, 0.05) is 0 Å². The van der Waals surface area contributed by atoms with Crippen LogP contribution in [0.5, 0.6) is 0 Å². The largest absolute Gasteiger partial charge is 0.453 e. The lowest BCUT2D eigenvalue weighted by Crippen LogP contribution is -2.19. The number of halogens is 1. The monoisotopic (exact) mass is 269 g/mol. The van der Waals surface area contributed by atoms with Gasteiger partial charge in [-0.3, -0.25) is 0 Å². The van der Waals surface area contributed by atoms with Crippen LogP contribution in [0.25, 0.3) is 0 Å². The number of furan rings is 1. The minimum absolute atomic E-state index is 0.423. The van der Waals surface area contributed by atoms with E-state index < -0.39 is 0 Å². The van der Waals surface area contributed by atoms with Crippen molar-refractivity contribution < 1.29 is 4.42 Å². The van der Waals surface area contributed by atoms with Gasteiger partial charge in [-0.15, -0.1) is 0 Å². The molecule has 3 atom stereocenters. The van der Waals surface area contributed by atoms with Crippen molar-refractivity contribution in [2.75, 3.05) is 7.05 Å². The molecule has 2 aliphatic rings. The summed E-state index contributed by atoms with van der Waals surface area (Å²) in [4.78, 5) is 0. The maximum absolute atomic E-state index is 5.66. The first-order valence-electron chi connectivity index (χ1n) is 5.74. The number of hydrogen-bond acceptors (Lipinski definition) is 2. The number of fused-ring (bicyclic) bond motifs is 1. The Bertz CT molecular complexity index is 352. The standard InChI is InChI=1S/C12H16BrNO/c1-14-12(9-5-6-10(13)15-9)11-7-3-2-4-8(7)11/h5-8,11-12,14H,2-4H2,1H3. The Labute approximate surface area is 98.6 Å². The molecule has 0 saturated heterocycles. The highest BCUT2D eigenvalue weighted by Gasteiger charge is 2.56. The molecule has 0 aliphatic heterocycles. The summed E-state index contributed by atoms with van der Waals surface area (Å²) in [6.45, 7) is 0. The molecule has 1 aromatic heterocycles. The average Bonchev–Trinajstić information content (AvgIpc) is 2.67. The molecule has 1 aromatic rings. The van der Waals surface area contributed by atoms with E-state index in [0.29, 0.717) is 6.04 Å². The fourth-order valence-corrected chi connectivity index (χ4v) is 3.71. The lowest BCUT2D eigenvalue weighted by molar-refractivity contribution is 0.360. The zero-order valence-corrected chi connectivity index (χ0v) is 10.5. The van der Waals surface area contributed by atoms with Crippen LogP contribution in [0.3, 0.4) is 0 Å². The maximum atomic E-state index is 5.66. The quantitative estimate of drug-likeness (QED) is 0.911. The van der Waals surface area contributed by atoms with Crippen molar-refractivity contribution in [2.24, 2.45) is 17.8 Å². The van der Waals surface area contributed by atoms with E-state index >= 15 is 0 Å². The van der Waals surface area contributed by atoms with Crippen LogP contribution in [0.1, 0.15) is 31.1 Å². The first-order chi connectivity index (χ1) is 7.31. The minimum Gasteiger partial charge on any atom is -0.453 e. The SMILES string of the molecule is CNC(c1ccc(Br)o1)C1C2CCCC21. The zero-order valence-electron chi connectivity index (χ0n) is 8.87. The van der Waals surface area contributed by atoms with Gasteiger partial charge < -0.3 is 9.73 Å². The smallest absolute Gasteiger partial charge is 0.169 e. The third-order valence-corrected chi connectivity index (χ3v) is 4.50. The summed E-state index contributed by atoms with van der Waals surface area (Å²) in [6, 6.07) is 4.49. The zero-order chi connectivity index (χ0) is 10.4. The van der Waals surface area contributed by atoms with Gasteiger partial charge in [0.05, 0.1) is 6.04 Å². The van der Waals surface area contributed by atoms with Crippen LogP contribution < -0.4 is 5.32 Å². The van der Waals surface area contributed by atoms with Gasteiger partial charge in [-0.05, 0) is 65.7 Å². The van der Waals surface area contributed by atoms with Crippen LogP contribution in [0.15, 0.2) is 21.2 Å². The van der Waals surface area contributed by atoms with Gasteiger partial charge in [-0.25, -0.2) is 0 Å². The van der Waals surface area contributed by atoms with Gasteiger partial charge in [-0.2, -0.15) is 0 Å². The van der Waals surface area contributed by atoms with E-state index in [9.17, 15) is 0 Å². The van der Waals surface area contributed by atoms with Crippen molar-refractivity contribution in [2.45, 2.75) is 25.3 Å². The Morgan fingerprint density at radius 2 is 2.13 bits per heavy atom. The van der Waals surface area contributed by atoms with Gasteiger partial charge in [0.2, 0.25) is 0 Å². The number of nitrogens with one attached hydrogen (secondary N) is 1. The molecule has 2 nitrogen and oxygen atoms in total. The Kier molecular flexibility index (Phi) is 2.40. The molecular formula is C12H16BrNO. The molecule has 3 rings (SSSR count). The van der Waals surface area contributed by atoms with E-state index in [1.165, 1.54) is 19.3 Å². The van der Waals surface area contributed by atoms with E-state index in [1.54, 1.807) is 0 Å². The van der Waals surface area contributed by atoms with Gasteiger partial charge in [0.15, 0.2) is 4.67 Å². The molecule has 0 amide bonds. The first-order valence-corrected chi connectivity index (χ1v) is 6.53. The lowest BCUT2D eigenvalue weighted by atomic mass is 10.0. The van der Waals surface area contributed by atoms with Gasteiger partial charge in [-0.1, -0.05) is 6.42 Å². The molecule has 2 saturated carbocycles. The van der Waals surface area contributed by atoms with Gasteiger partial charge >= 0.3 is 0 Å². The van der Waals surface area contributed by atoms with Crippen molar-refractivity contribution in [3.05, 3.63) is 22.6 Å². The Morgan fingerprint density at radius 3 is 2.67 bits per heavy atom. The first kappa shape index (κ1) is 9.91. The van der Waals surface area contributed by atoms with E-state index in [-0.39, 0.29) is 0 Å². The van der Waals surface area contributed by atoms with Crippen molar-refractivity contribution in [1.29, 1.82) is 0 Å². The van der Waals surface area contributed by atoms with Crippen LogP contribution in [0.2, 0.25) is 0 Å². The summed E-state index contributed by atoms with van der Waals surface area (Å²) in [5.74, 6) is 3.84. The highest BCUT2D eigenvalue weighted by atomic mass is 79.9. The van der Waals surface area contributed by atoms with E-state index in [2.05, 4.69) is 27.3 Å².